The zero-order valence-corrected chi connectivity index (χ0v) is 16.2. The summed E-state index contributed by atoms with van der Waals surface area (Å²) in [7, 11) is 0. The number of thiazole rings is 1. The number of nitrogens with one attached hydrogen (secondary N) is 1. The van der Waals surface area contributed by atoms with Crippen molar-refractivity contribution in [3.63, 3.8) is 0 Å². The van der Waals surface area contributed by atoms with E-state index >= 15 is 0 Å². The Balaban J connectivity index is 1.82. The van der Waals surface area contributed by atoms with Crippen LogP contribution in [0.25, 0.3) is 5.69 Å². The van der Waals surface area contributed by atoms with Gasteiger partial charge >= 0.3 is 6.18 Å². The summed E-state index contributed by atoms with van der Waals surface area (Å²) in [5, 5.41) is 7.09. The van der Waals surface area contributed by atoms with E-state index in [4.69, 9.17) is 5.73 Å². The predicted octanol–water partition coefficient (Wildman–Crippen LogP) is 3.24. The van der Waals surface area contributed by atoms with Gasteiger partial charge in [-0.25, -0.2) is 9.67 Å². The van der Waals surface area contributed by atoms with Gasteiger partial charge in [0.05, 0.1) is 29.6 Å². The Morgan fingerprint density at radius 1 is 1.28 bits per heavy atom. The molecule has 7 nitrogen and oxygen atoms in total. The highest BCUT2D eigenvalue weighted by molar-refractivity contribution is 7.17. The van der Waals surface area contributed by atoms with Gasteiger partial charge in [-0.1, -0.05) is 17.4 Å². The lowest BCUT2D eigenvalue weighted by Gasteiger charge is -2.10. The third-order valence-electron chi connectivity index (χ3n) is 4.19. The zero-order chi connectivity index (χ0) is 21.3. The molecule has 0 spiro atoms. The van der Waals surface area contributed by atoms with Crippen molar-refractivity contribution in [2.75, 3.05) is 5.32 Å². The number of hydrogen-bond donors (Lipinski definition) is 2. The van der Waals surface area contributed by atoms with Gasteiger partial charge in [-0.3, -0.25) is 9.59 Å². The molecule has 152 valence electrons. The molecule has 2 heterocycles. The van der Waals surface area contributed by atoms with Crippen LogP contribution in [0.5, 0.6) is 0 Å². The Morgan fingerprint density at radius 2 is 2.00 bits per heavy atom. The molecule has 2 aromatic heterocycles. The fraction of sp³-hybridized carbons (Fsp3) is 0.222. The van der Waals surface area contributed by atoms with Gasteiger partial charge in [0.2, 0.25) is 5.91 Å². The Bertz CT molecular complexity index is 1090. The van der Waals surface area contributed by atoms with Crippen molar-refractivity contribution in [1.82, 2.24) is 14.8 Å². The first-order valence-corrected chi connectivity index (χ1v) is 9.16. The number of amides is 2. The van der Waals surface area contributed by atoms with E-state index in [2.05, 4.69) is 15.4 Å². The van der Waals surface area contributed by atoms with Crippen LogP contribution in [0, 0.1) is 13.8 Å². The highest BCUT2D eigenvalue weighted by Gasteiger charge is 2.30. The van der Waals surface area contributed by atoms with Crippen molar-refractivity contribution in [2.24, 2.45) is 5.73 Å². The van der Waals surface area contributed by atoms with E-state index < -0.39 is 23.6 Å². The number of nitrogens with zero attached hydrogens (tertiary/aromatic N) is 3. The van der Waals surface area contributed by atoms with E-state index in [9.17, 15) is 22.8 Å². The average Bonchev–Trinajstić information content (AvgIpc) is 3.21. The van der Waals surface area contributed by atoms with E-state index in [1.807, 2.05) is 0 Å². The lowest BCUT2D eigenvalue weighted by Crippen LogP contribution is -2.15. The molecule has 0 fully saturated rings. The molecular weight excluding hydrogens is 407 g/mol. The first-order chi connectivity index (χ1) is 13.6. The third kappa shape index (κ3) is 4.45. The summed E-state index contributed by atoms with van der Waals surface area (Å²) in [5.41, 5.74) is 6.28. The van der Waals surface area contributed by atoms with Crippen LogP contribution in [0.2, 0.25) is 0 Å². The molecule has 0 aliphatic rings. The van der Waals surface area contributed by atoms with Crippen LogP contribution >= 0.6 is 11.3 Å². The second-order valence-corrected chi connectivity index (χ2v) is 7.26. The minimum Gasteiger partial charge on any atom is -0.365 e. The number of carbonyl (C=O) groups excluding carboxylic acids is 2. The molecule has 2 amide bonds. The Hall–Kier alpha value is -3.21. The number of nitrogens with two attached hydrogens (primary N) is 1. The van der Waals surface area contributed by atoms with Gasteiger partial charge in [0.15, 0.2) is 5.13 Å². The van der Waals surface area contributed by atoms with Gasteiger partial charge in [0.1, 0.15) is 4.88 Å². The summed E-state index contributed by atoms with van der Waals surface area (Å²) in [4.78, 5) is 27.6. The molecule has 0 atom stereocenters. The number of hydrogen-bond acceptors (Lipinski definition) is 5. The molecular formula is C18H16F3N5O2S. The summed E-state index contributed by atoms with van der Waals surface area (Å²) < 4.78 is 40.3. The number of aromatic nitrogens is 3. The quantitative estimate of drug-likeness (QED) is 0.658. The van der Waals surface area contributed by atoms with Crippen molar-refractivity contribution in [3.8, 4) is 5.69 Å². The van der Waals surface area contributed by atoms with Crippen LogP contribution in [0.3, 0.4) is 0 Å². The minimum atomic E-state index is -4.47. The van der Waals surface area contributed by atoms with E-state index in [-0.39, 0.29) is 22.1 Å². The minimum absolute atomic E-state index is 0.0535. The largest absolute Gasteiger partial charge is 0.416 e. The molecule has 0 radical (unpaired) electrons. The molecule has 0 bridgehead atoms. The lowest BCUT2D eigenvalue weighted by atomic mass is 10.1. The number of carbonyl (C=O) groups is 2. The van der Waals surface area contributed by atoms with Crippen molar-refractivity contribution >= 4 is 28.3 Å². The number of anilines is 1. The van der Waals surface area contributed by atoms with E-state index in [0.29, 0.717) is 17.0 Å². The zero-order valence-electron chi connectivity index (χ0n) is 15.4. The second kappa shape index (κ2) is 7.66. The van der Waals surface area contributed by atoms with E-state index in [1.165, 1.54) is 23.0 Å². The lowest BCUT2D eigenvalue weighted by molar-refractivity contribution is -0.137. The molecule has 3 aromatic rings. The van der Waals surface area contributed by atoms with Crippen molar-refractivity contribution in [3.05, 3.63) is 57.9 Å². The fourth-order valence-corrected chi connectivity index (χ4v) is 3.45. The van der Waals surface area contributed by atoms with Crippen molar-refractivity contribution < 1.29 is 22.8 Å². The van der Waals surface area contributed by atoms with Crippen molar-refractivity contribution in [2.45, 2.75) is 26.4 Å². The topological polar surface area (TPSA) is 103 Å². The smallest absolute Gasteiger partial charge is 0.365 e. The standard InChI is InChI=1S/C18H16F3N5O2S/c1-9-13(7-15(27)24-17-23-8-14(29-17)16(22)28)10(2)26(25-9)12-5-3-4-11(6-12)18(19,20)21/h3-6,8H,7H2,1-2H3,(H2,22,28)(H,23,24,27). The van der Waals surface area contributed by atoms with E-state index in [1.54, 1.807) is 13.8 Å². The molecule has 1 aromatic carbocycles. The molecule has 0 aliphatic carbocycles. The second-order valence-electron chi connectivity index (χ2n) is 6.23. The van der Waals surface area contributed by atoms with Crippen LogP contribution in [0.15, 0.2) is 30.5 Å². The molecule has 11 heteroatoms. The molecule has 29 heavy (non-hydrogen) atoms. The summed E-state index contributed by atoms with van der Waals surface area (Å²) in [6.45, 7) is 3.35. The monoisotopic (exact) mass is 423 g/mol. The van der Waals surface area contributed by atoms with Gasteiger partial charge in [0.25, 0.3) is 5.91 Å². The maximum Gasteiger partial charge on any atom is 0.416 e. The Labute approximate surface area is 167 Å². The number of aryl methyl sites for hydroxylation is 1. The third-order valence-corrected chi connectivity index (χ3v) is 5.12. The predicted molar refractivity (Wildman–Crippen MR) is 101 cm³/mol. The highest BCUT2D eigenvalue weighted by Crippen LogP contribution is 2.31. The van der Waals surface area contributed by atoms with Gasteiger partial charge in [-0.05, 0) is 32.0 Å². The summed E-state index contributed by atoms with van der Waals surface area (Å²) in [6, 6.07) is 4.81. The van der Waals surface area contributed by atoms with Crippen LogP contribution in [-0.2, 0) is 17.4 Å². The normalized spacial score (nSPS) is 11.5. The number of halogens is 3. The summed E-state index contributed by atoms with van der Waals surface area (Å²) >= 11 is 0.949. The van der Waals surface area contributed by atoms with Crippen LogP contribution in [-0.4, -0.2) is 26.6 Å². The van der Waals surface area contributed by atoms with Gasteiger partial charge < -0.3 is 11.1 Å². The summed E-state index contributed by atoms with van der Waals surface area (Å²) in [5.74, 6) is -1.04. The van der Waals surface area contributed by atoms with Gasteiger partial charge in [-0.15, -0.1) is 0 Å². The van der Waals surface area contributed by atoms with Crippen molar-refractivity contribution in [1.29, 1.82) is 0 Å². The molecule has 0 unspecified atom stereocenters. The molecule has 0 saturated heterocycles. The highest BCUT2D eigenvalue weighted by atomic mass is 32.1. The Morgan fingerprint density at radius 3 is 2.62 bits per heavy atom. The van der Waals surface area contributed by atoms with Gasteiger partial charge in [0, 0.05) is 11.3 Å². The number of benzene rings is 1. The SMILES string of the molecule is Cc1nn(-c2cccc(C(F)(F)F)c2)c(C)c1CC(=O)Nc1ncc(C(N)=O)s1. The number of rotatable bonds is 5. The maximum absolute atomic E-state index is 13.0. The molecule has 3 rings (SSSR count). The maximum atomic E-state index is 13.0. The molecule has 3 N–H and O–H groups in total. The summed E-state index contributed by atoms with van der Waals surface area (Å²) in [6.07, 6.45) is -3.25. The van der Waals surface area contributed by atoms with Crippen LogP contribution < -0.4 is 11.1 Å². The van der Waals surface area contributed by atoms with E-state index in [0.717, 1.165) is 23.5 Å². The number of primary amides is 1. The first kappa shape index (κ1) is 20.5. The molecule has 0 aliphatic heterocycles. The Kier molecular flexibility index (Phi) is 5.42. The van der Waals surface area contributed by atoms with Crippen LogP contribution in [0.4, 0.5) is 18.3 Å². The van der Waals surface area contributed by atoms with Crippen LogP contribution in [0.1, 0.15) is 32.2 Å². The average molecular weight is 423 g/mol. The van der Waals surface area contributed by atoms with Gasteiger partial charge in [-0.2, -0.15) is 18.3 Å². The fourth-order valence-electron chi connectivity index (χ4n) is 2.77. The molecule has 0 saturated carbocycles. The first-order valence-electron chi connectivity index (χ1n) is 8.34. The number of alkyl halides is 3.